The van der Waals surface area contributed by atoms with E-state index in [-0.39, 0.29) is 45.1 Å². The zero-order valence-electron chi connectivity index (χ0n) is 34.1. The molecule has 0 aromatic heterocycles. The average molecular weight is 723 g/mol. The highest BCUT2D eigenvalue weighted by molar-refractivity contribution is 5.85. The Bertz CT molecular complexity index is 1360. The van der Waals surface area contributed by atoms with Gasteiger partial charge < -0.3 is 20.1 Å². The topological polar surface area (TPSA) is 95.9 Å². The maximum Gasteiger partial charge on any atom is 0.328 e. The molecule has 0 bridgehead atoms. The first-order valence-corrected chi connectivity index (χ1v) is 21.6. The Morgan fingerprint density at radius 2 is 1.52 bits per heavy atom. The van der Waals surface area contributed by atoms with Crippen LogP contribution in [0.25, 0.3) is 0 Å². The van der Waals surface area contributed by atoms with Crippen LogP contribution in [0.2, 0.25) is 0 Å². The highest BCUT2D eigenvalue weighted by Gasteiger charge is 2.71. The zero-order chi connectivity index (χ0) is 37.7. The van der Waals surface area contributed by atoms with E-state index in [1.54, 1.807) is 4.90 Å². The van der Waals surface area contributed by atoms with Gasteiger partial charge in [-0.3, -0.25) is 9.59 Å². The van der Waals surface area contributed by atoms with Gasteiger partial charge in [-0.25, -0.2) is 4.79 Å². The molecule has 1 heterocycles. The highest BCUT2D eigenvalue weighted by atomic mass is 16.5. The van der Waals surface area contributed by atoms with Crippen LogP contribution in [-0.4, -0.2) is 60.1 Å². The summed E-state index contributed by atoms with van der Waals surface area (Å²) in [5.41, 5.74) is 1.69. The fraction of sp³-hybridized carbons (Fsp3) is 0.889. The van der Waals surface area contributed by atoms with Gasteiger partial charge >= 0.3 is 5.97 Å². The number of carbonyl (C=O) groups is 3. The van der Waals surface area contributed by atoms with E-state index in [4.69, 9.17) is 4.74 Å². The molecule has 5 saturated carbocycles. The third-order valence-electron chi connectivity index (χ3n) is 17.6. The van der Waals surface area contributed by atoms with E-state index in [0.717, 1.165) is 90.0 Å². The van der Waals surface area contributed by atoms with Crippen LogP contribution in [0.3, 0.4) is 0 Å². The van der Waals surface area contributed by atoms with Gasteiger partial charge in [-0.05, 0) is 148 Å². The van der Waals surface area contributed by atoms with E-state index in [0.29, 0.717) is 54.9 Å². The number of aliphatic hydroxyl groups excluding tert-OH is 1. The second-order valence-corrected chi connectivity index (χ2v) is 20.1. The van der Waals surface area contributed by atoms with Crippen LogP contribution in [0.15, 0.2) is 12.2 Å². The first-order valence-electron chi connectivity index (χ1n) is 21.6. The number of nitrogens with zero attached hydrogens (tertiary/aromatic N) is 1. The standard InChI is InChI=1S/C45H74N2O5/c1-30(2)31-20-25-45(40(51)46-28-14-12-10-9-11-13-17-37(49)47-29-15-16-33(47)39(50)52-8)27-26-43(6)32(38(31)45)18-19-35-42(5)23-22-36(48)41(3,4)34(42)21-24-44(35,43)7/h31-36,38,48H,1,9-29H2,2-8H3,(H,46,51)/t31-,32+,33-,34-,35+,36-,38+,42-,43+,44+,45-/m0/s1. The number of fused-ring (bicyclic) bond motifs is 7. The molecule has 0 radical (unpaired) electrons. The summed E-state index contributed by atoms with van der Waals surface area (Å²) in [7, 11) is 1.39. The fourth-order valence-corrected chi connectivity index (χ4v) is 14.6. The molecule has 6 aliphatic rings. The summed E-state index contributed by atoms with van der Waals surface area (Å²) in [6.07, 6.45) is 19.3. The molecule has 11 atom stereocenters. The smallest absolute Gasteiger partial charge is 0.328 e. The number of amides is 2. The van der Waals surface area contributed by atoms with E-state index in [1.165, 1.54) is 38.4 Å². The number of aliphatic hydroxyl groups is 1. The van der Waals surface area contributed by atoms with E-state index >= 15 is 0 Å². The van der Waals surface area contributed by atoms with Crippen molar-refractivity contribution in [2.24, 2.45) is 56.7 Å². The first-order chi connectivity index (χ1) is 24.6. The Morgan fingerprint density at radius 3 is 2.23 bits per heavy atom. The van der Waals surface area contributed by atoms with Crippen LogP contribution in [0, 0.1) is 56.7 Å². The minimum atomic E-state index is -0.399. The minimum absolute atomic E-state index is 0.0335. The molecule has 5 aliphatic carbocycles. The lowest BCUT2D eigenvalue weighted by Crippen LogP contribution is -2.67. The largest absolute Gasteiger partial charge is 0.467 e. The summed E-state index contributed by atoms with van der Waals surface area (Å²) < 4.78 is 4.89. The number of hydrogen-bond acceptors (Lipinski definition) is 5. The number of nitrogens with one attached hydrogen (secondary N) is 1. The predicted molar refractivity (Wildman–Crippen MR) is 207 cm³/mol. The third kappa shape index (κ3) is 6.41. The molecule has 7 nitrogen and oxygen atoms in total. The Hall–Kier alpha value is -1.89. The van der Waals surface area contributed by atoms with Crippen molar-refractivity contribution in [3.05, 3.63) is 12.2 Å². The Morgan fingerprint density at radius 1 is 0.808 bits per heavy atom. The van der Waals surface area contributed by atoms with Gasteiger partial charge in [0.25, 0.3) is 0 Å². The third-order valence-corrected chi connectivity index (χ3v) is 17.6. The summed E-state index contributed by atoms with van der Waals surface area (Å²) in [6.45, 7) is 20.7. The second kappa shape index (κ2) is 15.0. The molecule has 52 heavy (non-hydrogen) atoms. The minimum Gasteiger partial charge on any atom is -0.467 e. The normalized spacial score (nSPS) is 42.0. The van der Waals surface area contributed by atoms with Crippen molar-refractivity contribution in [3.63, 3.8) is 0 Å². The lowest BCUT2D eigenvalue weighted by Gasteiger charge is -2.72. The number of carbonyl (C=O) groups excluding carboxylic acids is 3. The summed E-state index contributed by atoms with van der Waals surface area (Å²) in [5, 5.41) is 14.6. The van der Waals surface area contributed by atoms with Gasteiger partial charge in [-0.2, -0.15) is 0 Å². The van der Waals surface area contributed by atoms with Crippen molar-refractivity contribution in [2.75, 3.05) is 20.2 Å². The number of unbranched alkanes of at least 4 members (excludes halogenated alkanes) is 5. The molecule has 2 amide bonds. The van der Waals surface area contributed by atoms with Gasteiger partial charge in [-0.1, -0.05) is 72.5 Å². The van der Waals surface area contributed by atoms with Gasteiger partial charge in [0.2, 0.25) is 11.8 Å². The van der Waals surface area contributed by atoms with Gasteiger partial charge in [0.05, 0.1) is 18.6 Å². The van der Waals surface area contributed by atoms with E-state index < -0.39 is 6.04 Å². The predicted octanol–water partition coefficient (Wildman–Crippen LogP) is 9.02. The quantitative estimate of drug-likeness (QED) is 0.119. The molecule has 1 aliphatic heterocycles. The van der Waals surface area contributed by atoms with Crippen LogP contribution in [-0.2, 0) is 19.1 Å². The van der Waals surface area contributed by atoms with Crippen LogP contribution in [0.4, 0.5) is 0 Å². The number of hydrogen-bond donors (Lipinski definition) is 2. The molecule has 0 spiro atoms. The van der Waals surface area contributed by atoms with Gasteiger partial charge in [0, 0.05) is 19.5 Å². The SMILES string of the molecule is C=C(C)[C@@H]1CC[C@]2(C(=O)NCCCCCCCCC(=O)N3CCC[C@H]3C(=O)OC)CC[C@]3(C)[C@H](CC[C@@H]4[C@@]5(C)CC[C@H](O)C(C)(C)[C@@H]5CC[C@]43C)[C@@H]12. The van der Waals surface area contributed by atoms with Crippen molar-refractivity contribution < 1.29 is 24.2 Å². The monoisotopic (exact) mass is 723 g/mol. The second-order valence-electron chi connectivity index (χ2n) is 20.1. The summed E-state index contributed by atoms with van der Waals surface area (Å²) in [6, 6.07) is -0.399. The number of esters is 1. The highest BCUT2D eigenvalue weighted by Crippen LogP contribution is 2.77. The number of methoxy groups -OCH3 is 1. The zero-order valence-corrected chi connectivity index (χ0v) is 34.1. The molecule has 6 fully saturated rings. The first kappa shape index (κ1) is 39.8. The molecule has 0 aromatic carbocycles. The van der Waals surface area contributed by atoms with Crippen molar-refractivity contribution in [3.8, 4) is 0 Å². The Balaban J connectivity index is 1.03. The molecule has 6 rings (SSSR count). The number of rotatable bonds is 12. The molecular formula is C45H74N2O5. The maximum atomic E-state index is 14.5. The summed E-state index contributed by atoms with van der Waals surface area (Å²) in [5.74, 6) is 2.69. The van der Waals surface area contributed by atoms with Crippen molar-refractivity contribution in [1.82, 2.24) is 10.2 Å². The maximum absolute atomic E-state index is 14.5. The lowest BCUT2D eigenvalue weighted by molar-refractivity contribution is -0.246. The van der Waals surface area contributed by atoms with E-state index in [2.05, 4.69) is 53.4 Å². The van der Waals surface area contributed by atoms with Crippen LogP contribution >= 0.6 is 0 Å². The molecular weight excluding hydrogens is 649 g/mol. The van der Waals surface area contributed by atoms with Crippen molar-refractivity contribution in [2.45, 2.75) is 176 Å². The Kier molecular flexibility index (Phi) is 11.5. The van der Waals surface area contributed by atoms with Crippen LogP contribution < -0.4 is 5.32 Å². The van der Waals surface area contributed by atoms with Gasteiger partial charge in [-0.15, -0.1) is 0 Å². The molecule has 0 aromatic rings. The Labute approximate surface area is 316 Å². The molecule has 294 valence electrons. The van der Waals surface area contributed by atoms with Gasteiger partial charge in [0.1, 0.15) is 6.04 Å². The molecule has 0 unspecified atom stereocenters. The van der Waals surface area contributed by atoms with E-state index in [1.807, 2.05) is 0 Å². The van der Waals surface area contributed by atoms with Crippen LogP contribution in [0.1, 0.15) is 164 Å². The van der Waals surface area contributed by atoms with Crippen LogP contribution in [0.5, 0.6) is 0 Å². The van der Waals surface area contributed by atoms with Gasteiger partial charge in [0.15, 0.2) is 0 Å². The fourth-order valence-electron chi connectivity index (χ4n) is 14.6. The van der Waals surface area contributed by atoms with Crippen molar-refractivity contribution in [1.29, 1.82) is 0 Å². The van der Waals surface area contributed by atoms with Crippen molar-refractivity contribution >= 4 is 17.8 Å². The molecule has 1 saturated heterocycles. The number of ether oxygens (including phenoxy) is 1. The molecule has 2 N–H and O–H groups in total. The lowest BCUT2D eigenvalue weighted by atomic mass is 9.32. The van der Waals surface area contributed by atoms with E-state index in [9.17, 15) is 19.5 Å². The molecule has 7 heteroatoms. The number of likely N-dealkylation sites (tertiary alicyclic amines) is 1. The summed E-state index contributed by atoms with van der Waals surface area (Å²) >= 11 is 0. The summed E-state index contributed by atoms with van der Waals surface area (Å²) in [4.78, 5) is 40.9. The number of allylic oxidation sites excluding steroid dienone is 1. The average Bonchev–Trinajstić information content (AvgIpc) is 3.76.